The van der Waals surface area contributed by atoms with E-state index in [4.69, 9.17) is 4.98 Å². The maximum Gasteiger partial charge on any atom is 0.240 e. The van der Waals surface area contributed by atoms with E-state index in [1.165, 1.54) is 5.56 Å². The lowest BCUT2D eigenvalue weighted by atomic mass is 10.2. The molecule has 1 aromatic heterocycles. The number of fused-ring (bicyclic) bond motifs is 1. The van der Waals surface area contributed by atoms with E-state index in [-0.39, 0.29) is 11.9 Å². The quantitative estimate of drug-likeness (QED) is 0.822. The molecular formula is C17H26N4O. The first-order chi connectivity index (χ1) is 10.5. The van der Waals surface area contributed by atoms with Crippen molar-refractivity contribution in [3.63, 3.8) is 0 Å². The Kier molecular flexibility index (Phi) is 5.55. The molecule has 1 atom stereocenters. The molecule has 2 aromatic rings. The second-order valence-corrected chi connectivity index (χ2v) is 5.84. The first kappa shape index (κ1) is 16.5. The third kappa shape index (κ3) is 3.85. The fourth-order valence-corrected chi connectivity index (χ4v) is 2.46. The number of hydrogen-bond acceptors (Lipinski definition) is 3. The van der Waals surface area contributed by atoms with Gasteiger partial charge in [-0.25, -0.2) is 4.98 Å². The summed E-state index contributed by atoms with van der Waals surface area (Å²) in [4.78, 5) is 16.9. The van der Waals surface area contributed by atoms with E-state index in [2.05, 4.69) is 42.7 Å². The van der Waals surface area contributed by atoms with Crippen LogP contribution in [0.15, 0.2) is 18.2 Å². The van der Waals surface area contributed by atoms with Crippen LogP contribution < -0.4 is 10.6 Å². The molecule has 1 amide bonds. The number of rotatable bonds is 7. The van der Waals surface area contributed by atoms with Crippen molar-refractivity contribution in [3.8, 4) is 0 Å². The van der Waals surface area contributed by atoms with Gasteiger partial charge in [0.1, 0.15) is 12.4 Å². The summed E-state index contributed by atoms with van der Waals surface area (Å²) in [6.07, 6.45) is 1.74. The summed E-state index contributed by atoms with van der Waals surface area (Å²) in [7, 11) is 1.92. The van der Waals surface area contributed by atoms with Gasteiger partial charge in [-0.3, -0.25) is 4.79 Å². The number of carbonyl (C=O) groups excluding carboxylic acids is 1. The molecule has 120 valence electrons. The van der Waals surface area contributed by atoms with Crippen LogP contribution in [0.1, 0.15) is 31.7 Å². The van der Waals surface area contributed by atoms with Gasteiger partial charge in [0.15, 0.2) is 0 Å². The van der Waals surface area contributed by atoms with Crippen molar-refractivity contribution >= 4 is 16.9 Å². The molecule has 0 saturated heterocycles. The lowest BCUT2D eigenvalue weighted by Gasteiger charge is -2.13. The van der Waals surface area contributed by atoms with Gasteiger partial charge in [-0.05, 0) is 45.0 Å². The van der Waals surface area contributed by atoms with Crippen LogP contribution in [-0.2, 0) is 17.8 Å². The Morgan fingerprint density at radius 1 is 1.41 bits per heavy atom. The van der Waals surface area contributed by atoms with Gasteiger partial charge in [-0.1, -0.05) is 13.0 Å². The van der Waals surface area contributed by atoms with E-state index in [0.717, 1.165) is 36.2 Å². The molecule has 0 saturated carbocycles. The lowest BCUT2D eigenvalue weighted by Crippen LogP contribution is -2.35. The fourth-order valence-electron chi connectivity index (χ4n) is 2.46. The average Bonchev–Trinajstić information content (AvgIpc) is 2.81. The largest absolute Gasteiger partial charge is 0.352 e. The van der Waals surface area contributed by atoms with Crippen molar-refractivity contribution in [1.29, 1.82) is 0 Å². The number of carbonyl (C=O) groups is 1. The molecule has 0 aliphatic heterocycles. The monoisotopic (exact) mass is 302 g/mol. The maximum absolute atomic E-state index is 12.2. The summed E-state index contributed by atoms with van der Waals surface area (Å²) in [5.41, 5.74) is 3.17. The second-order valence-electron chi connectivity index (χ2n) is 5.84. The van der Waals surface area contributed by atoms with Crippen molar-refractivity contribution in [2.24, 2.45) is 0 Å². The van der Waals surface area contributed by atoms with Crippen molar-refractivity contribution in [2.75, 3.05) is 13.6 Å². The van der Waals surface area contributed by atoms with Crippen LogP contribution >= 0.6 is 0 Å². The van der Waals surface area contributed by atoms with Crippen LogP contribution in [0.5, 0.6) is 0 Å². The van der Waals surface area contributed by atoms with Crippen molar-refractivity contribution in [3.05, 3.63) is 29.6 Å². The highest BCUT2D eigenvalue weighted by Gasteiger charge is 2.14. The maximum atomic E-state index is 12.2. The molecule has 1 unspecified atom stereocenters. The Morgan fingerprint density at radius 2 is 2.18 bits per heavy atom. The van der Waals surface area contributed by atoms with Crippen LogP contribution in [0.3, 0.4) is 0 Å². The van der Waals surface area contributed by atoms with Gasteiger partial charge in [-0.15, -0.1) is 0 Å². The summed E-state index contributed by atoms with van der Waals surface area (Å²) >= 11 is 0. The minimum atomic E-state index is 0.0416. The van der Waals surface area contributed by atoms with E-state index >= 15 is 0 Å². The predicted octanol–water partition coefficient (Wildman–Crippen LogP) is 2.02. The zero-order chi connectivity index (χ0) is 16.1. The Morgan fingerprint density at radius 3 is 2.86 bits per heavy atom. The van der Waals surface area contributed by atoms with E-state index in [1.54, 1.807) is 0 Å². The average molecular weight is 302 g/mol. The summed E-state index contributed by atoms with van der Waals surface area (Å²) < 4.78 is 2.03. The molecule has 5 nitrogen and oxygen atoms in total. The number of nitrogens with zero attached hydrogens (tertiary/aromatic N) is 2. The minimum absolute atomic E-state index is 0.0416. The van der Waals surface area contributed by atoms with Crippen molar-refractivity contribution < 1.29 is 4.79 Å². The first-order valence-electron chi connectivity index (χ1n) is 7.94. The number of amides is 1. The molecule has 0 spiro atoms. The zero-order valence-electron chi connectivity index (χ0n) is 13.9. The molecule has 5 heteroatoms. The SMILES string of the molecule is CCC(C)NC(=O)Cn1c(CCNC)nc2cc(C)ccc21. The molecule has 1 aromatic carbocycles. The molecule has 0 aliphatic rings. The summed E-state index contributed by atoms with van der Waals surface area (Å²) in [6.45, 7) is 7.31. The minimum Gasteiger partial charge on any atom is -0.352 e. The van der Waals surface area contributed by atoms with E-state index < -0.39 is 0 Å². The van der Waals surface area contributed by atoms with Crippen molar-refractivity contribution in [1.82, 2.24) is 20.2 Å². The Labute approximate surface area is 132 Å². The molecule has 1 heterocycles. The number of nitrogens with one attached hydrogen (secondary N) is 2. The number of benzene rings is 1. The Bertz CT molecular complexity index is 647. The number of aromatic nitrogens is 2. The summed E-state index contributed by atoms with van der Waals surface area (Å²) in [6, 6.07) is 6.39. The standard InChI is InChI=1S/C17H26N4O/c1-5-13(3)19-17(22)11-21-15-7-6-12(2)10-14(15)20-16(21)8-9-18-4/h6-7,10,13,18H,5,8-9,11H2,1-4H3,(H,19,22). The van der Waals surface area contributed by atoms with Gasteiger partial charge >= 0.3 is 0 Å². The van der Waals surface area contributed by atoms with Crippen molar-refractivity contribution in [2.45, 2.75) is 46.2 Å². The van der Waals surface area contributed by atoms with Crippen LogP contribution in [0.25, 0.3) is 11.0 Å². The number of aryl methyl sites for hydroxylation is 1. The smallest absolute Gasteiger partial charge is 0.240 e. The Balaban J connectivity index is 2.30. The first-order valence-corrected chi connectivity index (χ1v) is 7.94. The molecule has 0 fully saturated rings. The van der Waals surface area contributed by atoms with Gasteiger partial charge in [0.25, 0.3) is 0 Å². The molecular weight excluding hydrogens is 276 g/mol. The van der Waals surface area contributed by atoms with Gasteiger partial charge in [0.2, 0.25) is 5.91 Å². The van der Waals surface area contributed by atoms with Crippen LogP contribution in [0.4, 0.5) is 0 Å². The molecule has 0 radical (unpaired) electrons. The highest BCUT2D eigenvalue weighted by Crippen LogP contribution is 2.18. The van der Waals surface area contributed by atoms with Gasteiger partial charge in [-0.2, -0.15) is 0 Å². The molecule has 0 bridgehead atoms. The van der Waals surface area contributed by atoms with Gasteiger partial charge in [0, 0.05) is 19.0 Å². The van der Waals surface area contributed by atoms with E-state index in [0.29, 0.717) is 6.54 Å². The van der Waals surface area contributed by atoms with Crippen LogP contribution in [0, 0.1) is 6.92 Å². The topological polar surface area (TPSA) is 59.0 Å². The van der Waals surface area contributed by atoms with Crippen LogP contribution in [0.2, 0.25) is 0 Å². The van der Waals surface area contributed by atoms with E-state index in [9.17, 15) is 4.79 Å². The predicted molar refractivity (Wildman–Crippen MR) is 90.0 cm³/mol. The third-order valence-corrected chi connectivity index (χ3v) is 3.90. The fraction of sp³-hybridized carbons (Fsp3) is 0.529. The molecule has 2 rings (SSSR count). The summed E-state index contributed by atoms with van der Waals surface area (Å²) in [5.74, 6) is 0.995. The molecule has 0 aliphatic carbocycles. The third-order valence-electron chi connectivity index (χ3n) is 3.90. The van der Waals surface area contributed by atoms with Gasteiger partial charge < -0.3 is 15.2 Å². The molecule has 2 N–H and O–H groups in total. The number of hydrogen-bond donors (Lipinski definition) is 2. The van der Waals surface area contributed by atoms with Gasteiger partial charge in [0.05, 0.1) is 11.0 Å². The number of likely N-dealkylation sites (N-methyl/N-ethyl adjacent to an activating group) is 1. The highest BCUT2D eigenvalue weighted by molar-refractivity contribution is 5.81. The van der Waals surface area contributed by atoms with Crippen LogP contribution in [-0.4, -0.2) is 35.1 Å². The molecule has 22 heavy (non-hydrogen) atoms. The zero-order valence-corrected chi connectivity index (χ0v) is 13.9. The Hall–Kier alpha value is -1.88. The summed E-state index contributed by atoms with van der Waals surface area (Å²) in [5, 5.41) is 6.16. The second kappa shape index (κ2) is 7.40. The highest BCUT2D eigenvalue weighted by atomic mass is 16.2. The lowest BCUT2D eigenvalue weighted by molar-refractivity contribution is -0.122. The normalized spacial score (nSPS) is 12.5. The number of imidazole rings is 1. The van der Waals surface area contributed by atoms with E-state index in [1.807, 2.05) is 18.5 Å².